The van der Waals surface area contributed by atoms with Gasteiger partial charge < -0.3 is 24.3 Å². The van der Waals surface area contributed by atoms with E-state index in [0.717, 1.165) is 30.4 Å². The number of ether oxygens (including phenoxy) is 2. The lowest BCUT2D eigenvalue weighted by molar-refractivity contribution is 0.0680. The van der Waals surface area contributed by atoms with Gasteiger partial charge in [-0.1, -0.05) is 6.07 Å². The Bertz CT molecular complexity index is 1380. The third-order valence-electron chi connectivity index (χ3n) is 6.11. The average molecular weight is 477 g/mol. The predicted octanol–water partition coefficient (Wildman–Crippen LogP) is 5.32. The standard InChI is InChI=1S/C26H24FN3O5/c1-33-21-11-17-12-24(27)35-22(17)10-16(21)7-8-28-25-13-20(29-14-30-25)15-5-6-19(26(31)32)23(9-15)34-18-3-2-4-18/h5-6,9-14,18H,2-4,7-8H2,1H3,(H,31,32)(H,28,29,30). The minimum atomic E-state index is -1.03. The fourth-order valence-electron chi connectivity index (χ4n) is 4.02. The molecule has 0 spiro atoms. The van der Waals surface area contributed by atoms with Crippen LogP contribution in [0.5, 0.6) is 11.5 Å². The zero-order valence-corrected chi connectivity index (χ0v) is 19.1. The van der Waals surface area contributed by atoms with Gasteiger partial charge in [0, 0.05) is 29.6 Å². The topological polar surface area (TPSA) is 107 Å². The monoisotopic (exact) mass is 477 g/mol. The van der Waals surface area contributed by atoms with Gasteiger partial charge in [0.25, 0.3) is 6.01 Å². The van der Waals surface area contributed by atoms with Crippen molar-refractivity contribution < 1.29 is 28.2 Å². The molecule has 9 heteroatoms. The lowest BCUT2D eigenvalue weighted by Gasteiger charge is -2.27. The molecule has 0 bridgehead atoms. The molecule has 0 amide bonds. The number of methoxy groups -OCH3 is 1. The van der Waals surface area contributed by atoms with Gasteiger partial charge in [-0.2, -0.15) is 4.39 Å². The molecule has 0 unspecified atom stereocenters. The van der Waals surface area contributed by atoms with Crippen LogP contribution in [0.4, 0.5) is 10.2 Å². The maximum Gasteiger partial charge on any atom is 0.339 e. The lowest BCUT2D eigenvalue weighted by atomic mass is 9.96. The molecule has 35 heavy (non-hydrogen) atoms. The Labute approximate surface area is 200 Å². The molecule has 2 aromatic carbocycles. The second kappa shape index (κ2) is 9.61. The first-order valence-corrected chi connectivity index (χ1v) is 11.4. The van der Waals surface area contributed by atoms with Crippen LogP contribution in [0.15, 0.2) is 53.2 Å². The quantitative estimate of drug-likeness (QED) is 0.334. The van der Waals surface area contributed by atoms with E-state index in [1.165, 1.54) is 12.4 Å². The molecule has 1 aliphatic carbocycles. The van der Waals surface area contributed by atoms with Crippen molar-refractivity contribution in [1.82, 2.24) is 9.97 Å². The van der Waals surface area contributed by atoms with Gasteiger partial charge in [0.2, 0.25) is 0 Å². The number of nitrogens with zero attached hydrogens (tertiary/aromatic N) is 2. The third kappa shape index (κ3) is 4.89. The summed E-state index contributed by atoms with van der Waals surface area (Å²) in [5, 5.41) is 13.4. The summed E-state index contributed by atoms with van der Waals surface area (Å²) < 4.78 is 29.9. The molecule has 2 aromatic heterocycles. The lowest BCUT2D eigenvalue weighted by Crippen LogP contribution is -2.25. The van der Waals surface area contributed by atoms with Crippen LogP contribution in [-0.4, -0.2) is 40.8 Å². The summed E-state index contributed by atoms with van der Waals surface area (Å²) in [7, 11) is 1.57. The Kier molecular flexibility index (Phi) is 6.22. The van der Waals surface area contributed by atoms with E-state index in [4.69, 9.17) is 13.9 Å². The maximum absolute atomic E-state index is 13.4. The van der Waals surface area contributed by atoms with E-state index in [1.54, 1.807) is 43.5 Å². The Morgan fingerprint density at radius 2 is 2.03 bits per heavy atom. The number of hydrogen-bond acceptors (Lipinski definition) is 7. The highest BCUT2D eigenvalue weighted by Gasteiger charge is 2.22. The second-order valence-electron chi connectivity index (χ2n) is 8.40. The van der Waals surface area contributed by atoms with Gasteiger partial charge in [0.1, 0.15) is 34.8 Å². The van der Waals surface area contributed by atoms with Crippen LogP contribution in [0, 0.1) is 6.01 Å². The van der Waals surface area contributed by atoms with Crippen molar-refractivity contribution in [3.63, 3.8) is 0 Å². The molecule has 1 saturated carbocycles. The Morgan fingerprint density at radius 1 is 1.17 bits per heavy atom. The summed E-state index contributed by atoms with van der Waals surface area (Å²) >= 11 is 0. The normalized spacial score (nSPS) is 13.4. The summed E-state index contributed by atoms with van der Waals surface area (Å²) in [4.78, 5) is 20.2. The number of fused-ring (bicyclic) bond motifs is 1. The molecule has 4 aromatic rings. The zero-order valence-electron chi connectivity index (χ0n) is 19.1. The molecule has 180 valence electrons. The Morgan fingerprint density at radius 3 is 2.77 bits per heavy atom. The SMILES string of the molecule is COc1cc2cc(F)oc2cc1CCNc1cc(-c2ccc(C(=O)O)c(OC3CCC3)c2)ncn1. The molecule has 0 radical (unpaired) electrons. The number of hydrogen-bond donors (Lipinski definition) is 2. The van der Waals surface area contributed by atoms with Crippen molar-refractivity contribution in [3.8, 4) is 22.8 Å². The first kappa shape index (κ1) is 22.6. The third-order valence-corrected chi connectivity index (χ3v) is 6.11. The maximum atomic E-state index is 13.4. The number of carbonyl (C=O) groups is 1. The van der Waals surface area contributed by atoms with Crippen LogP contribution in [0.2, 0.25) is 0 Å². The smallest absolute Gasteiger partial charge is 0.339 e. The summed E-state index contributed by atoms with van der Waals surface area (Å²) in [5.41, 5.74) is 2.85. The number of anilines is 1. The van der Waals surface area contributed by atoms with Gasteiger partial charge >= 0.3 is 5.97 Å². The van der Waals surface area contributed by atoms with Crippen molar-refractivity contribution in [2.45, 2.75) is 31.8 Å². The summed E-state index contributed by atoms with van der Waals surface area (Å²) in [6, 6.07) is 11.0. The van der Waals surface area contributed by atoms with E-state index in [0.29, 0.717) is 46.9 Å². The molecule has 0 atom stereocenters. The van der Waals surface area contributed by atoms with E-state index in [1.807, 2.05) is 0 Å². The number of halogens is 1. The van der Waals surface area contributed by atoms with E-state index in [-0.39, 0.29) is 11.7 Å². The predicted molar refractivity (Wildman–Crippen MR) is 128 cm³/mol. The first-order valence-electron chi connectivity index (χ1n) is 11.4. The van der Waals surface area contributed by atoms with Crippen LogP contribution >= 0.6 is 0 Å². The largest absolute Gasteiger partial charge is 0.496 e. The second-order valence-corrected chi connectivity index (χ2v) is 8.40. The molecule has 2 N–H and O–H groups in total. The van der Waals surface area contributed by atoms with Gasteiger partial charge in [-0.15, -0.1) is 0 Å². The molecule has 1 aliphatic rings. The van der Waals surface area contributed by atoms with E-state index < -0.39 is 12.0 Å². The highest BCUT2D eigenvalue weighted by Crippen LogP contribution is 2.32. The van der Waals surface area contributed by atoms with Crippen molar-refractivity contribution >= 4 is 22.8 Å². The van der Waals surface area contributed by atoms with Crippen molar-refractivity contribution in [1.29, 1.82) is 0 Å². The van der Waals surface area contributed by atoms with Gasteiger partial charge in [0.15, 0.2) is 0 Å². The van der Waals surface area contributed by atoms with Gasteiger partial charge in [-0.3, -0.25) is 0 Å². The molecule has 2 heterocycles. The molecule has 5 rings (SSSR count). The number of furan rings is 1. The zero-order chi connectivity index (χ0) is 24.4. The van der Waals surface area contributed by atoms with Gasteiger partial charge in [0.05, 0.1) is 18.9 Å². The van der Waals surface area contributed by atoms with Crippen molar-refractivity contribution in [3.05, 3.63) is 65.9 Å². The molecular weight excluding hydrogens is 453 g/mol. The number of carboxylic acid groups (broad SMARTS) is 1. The number of aromatic carboxylic acids is 1. The molecule has 0 saturated heterocycles. The molecule has 1 fully saturated rings. The van der Waals surface area contributed by atoms with Crippen LogP contribution in [0.25, 0.3) is 22.2 Å². The van der Waals surface area contributed by atoms with Crippen LogP contribution in [-0.2, 0) is 6.42 Å². The molecule has 8 nitrogen and oxygen atoms in total. The number of benzene rings is 2. The molecular formula is C26H24FN3O5. The van der Waals surface area contributed by atoms with Crippen molar-refractivity contribution in [2.24, 2.45) is 0 Å². The van der Waals surface area contributed by atoms with Crippen molar-refractivity contribution in [2.75, 3.05) is 19.0 Å². The van der Waals surface area contributed by atoms with Crippen LogP contribution < -0.4 is 14.8 Å². The minimum absolute atomic E-state index is 0.0554. The fraction of sp³-hybridized carbons (Fsp3) is 0.269. The Balaban J connectivity index is 1.31. The highest BCUT2D eigenvalue weighted by molar-refractivity contribution is 5.92. The van der Waals surface area contributed by atoms with E-state index in [9.17, 15) is 14.3 Å². The summed E-state index contributed by atoms with van der Waals surface area (Å²) in [5.74, 6) is 0.593. The van der Waals surface area contributed by atoms with E-state index >= 15 is 0 Å². The number of nitrogens with one attached hydrogen (secondary N) is 1. The number of carboxylic acids is 1. The summed E-state index contributed by atoms with van der Waals surface area (Å²) in [6.07, 6.45) is 5.04. The Hall–Kier alpha value is -4.14. The highest BCUT2D eigenvalue weighted by atomic mass is 19.1. The van der Waals surface area contributed by atoms with E-state index in [2.05, 4.69) is 15.3 Å². The van der Waals surface area contributed by atoms with Crippen LogP contribution in [0.1, 0.15) is 35.2 Å². The van der Waals surface area contributed by atoms with Gasteiger partial charge in [-0.25, -0.2) is 14.8 Å². The van der Waals surface area contributed by atoms with Gasteiger partial charge in [-0.05, 0) is 55.5 Å². The fourth-order valence-corrected chi connectivity index (χ4v) is 4.02. The molecule has 0 aliphatic heterocycles. The number of aromatic nitrogens is 2. The first-order chi connectivity index (χ1) is 17.0. The summed E-state index contributed by atoms with van der Waals surface area (Å²) in [6.45, 7) is 0.537. The van der Waals surface area contributed by atoms with Crippen LogP contribution in [0.3, 0.4) is 0 Å². The minimum Gasteiger partial charge on any atom is -0.496 e. The number of rotatable bonds is 9. The average Bonchev–Trinajstić information content (AvgIpc) is 3.19.